The second-order valence-electron chi connectivity index (χ2n) is 6.99. The van der Waals surface area contributed by atoms with Gasteiger partial charge in [-0.15, -0.1) is 0 Å². The van der Waals surface area contributed by atoms with Crippen molar-refractivity contribution in [2.24, 2.45) is 0 Å². The zero-order valence-corrected chi connectivity index (χ0v) is 19.1. The number of hydrogen-bond donors (Lipinski definition) is 0. The van der Waals surface area contributed by atoms with E-state index in [0.29, 0.717) is 33.2 Å². The molecule has 10 heteroatoms. The summed E-state index contributed by atoms with van der Waals surface area (Å²) in [6, 6.07) is 14.7. The van der Waals surface area contributed by atoms with Crippen LogP contribution in [0.15, 0.2) is 63.9 Å². The number of carbonyl (C=O) groups excluding carboxylic acids is 2. The Kier molecular flexibility index (Phi) is 6.12. The number of nitrogens with zero attached hydrogens (tertiary/aromatic N) is 2. The number of nitro groups is 1. The summed E-state index contributed by atoms with van der Waals surface area (Å²) in [4.78, 5) is 37.6. The molecule has 8 nitrogen and oxygen atoms in total. The van der Waals surface area contributed by atoms with E-state index in [1.54, 1.807) is 61.5 Å². The van der Waals surface area contributed by atoms with Gasteiger partial charge in [0.2, 0.25) is 0 Å². The Labute approximate surface area is 198 Å². The summed E-state index contributed by atoms with van der Waals surface area (Å²) in [6.45, 7) is 1.66. The largest absolute Gasteiger partial charge is 0.465 e. The summed E-state index contributed by atoms with van der Waals surface area (Å²) in [7, 11) is 1.26. The van der Waals surface area contributed by atoms with Crippen molar-refractivity contribution >= 4 is 57.6 Å². The van der Waals surface area contributed by atoms with Crippen LogP contribution in [0, 0.1) is 17.0 Å². The van der Waals surface area contributed by atoms with Gasteiger partial charge in [0.25, 0.3) is 11.6 Å². The van der Waals surface area contributed by atoms with Gasteiger partial charge < -0.3 is 9.15 Å². The lowest BCUT2D eigenvalue weighted by molar-refractivity contribution is -0.385. The number of anilines is 1. The fraction of sp³-hybridized carbons (Fsp3) is 0.0870. The Balaban J connectivity index is 1.64. The first kappa shape index (κ1) is 22.4. The summed E-state index contributed by atoms with van der Waals surface area (Å²) in [6.07, 6.45) is 1.55. The van der Waals surface area contributed by atoms with Gasteiger partial charge in [-0.2, -0.15) is 0 Å². The number of esters is 1. The number of nitro benzene ring substituents is 1. The van der Waals surface area contributed by atoms with Crippen molar-refractivity contribution in [3.63, 3.8) is 0 Å². The molecule has 0 atom stereocenters. The molecule has 0 spiro atoms. The van der Waals surface area contributed by atoms with Gasteiger partial charge >= 0.3 is 5.97 Å². The van der Waals surface area contributed by atoms with Crippen LogP contribution in [0.4, 0.5) is 11.4 Å². The average Bonchev–Trinajstić information content (AvgIpc) is 3.37. The number of methoxy groups -OCH3 is 1. The maximum atomic E-state index is 13.1. The van der Waals surface area contributed by atoms with E-state index in [2.05, 4.69) is 0 Å². The van der Waals surface area contributed by atoms with E-state index in [0.717, 1.165) is 11.8 Å². The molecule has 2 heterocycles. The number of thioether (sulfide) groups is 1. The van der Waals surface area contributed by atoms with Gasteiger partial charge in [0, 0.05) is 23.3 Å². The SMILES string of the molecule is COC(=O)c1ccccc1N1C(=O)C(=Cc2ccc(-c3ccc(C)c([N+](=O)[O-])c3)o2)SC1=S. The van der Waals surface area contributed by atoms with Gasteiger partial charge in [-0.25, -0.2) is 4.79 Å². The van der Waals surface area contributed by atoms with Gasteiger partial charge in [0.1, 0.15) is 11.5 Å². The number of para-hydroxylation sites is 1. The third-order valence-corrected chi connectivity index (χ3v) is 6.24. The Bertz CT molecular complexity index is 1340. The number of furan rings is 1. The maximum absolute atomic E-state index is 13.1. The zero-order valence-electron chi connectivity index (χ0n) is 17.4. The first-order valence-electron chi connectivity index (χ1n) is 9.60. The number of carbonyl (C=O) groups is 2. The van der Waals surface area contributed by atoms with Gasteiger partial charge in [0.05, 0.1) is 28.2 Å². The molecule has 1 aliphatic heterocycles. The summed E-state index contributed by atoms with van der Waals surface area (Å²) in [5.74, 6) is -0.164. The molecule has 33 heavy (non-hydrogen) atoms. The number of thiocarbonyl (C=S) groups is 1. The fourth-order valence-electron chi connectivity index (χ4n) is 3.30. The average molecular weight is 481 g/mol. The third-order valence-electron chi connectivity index (χ3n) is 4.93. The quantitative estimate of drug-likeness (QED) is 0.158. The van der Waals surface area contributed by atoms with Crippen LogP contribution in [0.3, 0.4) is 0 Å². The normalized spacial score (nSPS) is 14.7. The van der Waals surface area contributed by atoms with Crippen LogP contribution in [-0.4, -0.2) is 28.2 Å². The summed E-state index contributed by atoms with van der Waals surface area (Å²) in [5, 5.41) is 11.2. The molecule has 3 aromatic rings. The minimum Gasteiger partial charge on any atom is -0.465 e. The van der Waals surface area contributed by atoms with E-state index in [9.17, 15) is 19.7 Å². The lowest BCUT2D eigenvalue weighted by Gasteiger charge is -2.17. The Hall–Kier alpha value is -3.76. The second kappa shape index (κ2) is 9.00. The van der Waals surface area contributed by atoms with Crippen LogP contribution in [0.5, 0.6) is 0 Å². The molecule has 1 aliphatic rings. The molecule has 2 aromatic carbocycles. The molecule has 0 saturated carbocycles. The van der Waals surface area contributed by atoms with Crippen molar-refractivity contribution < 1.29 is 23.7 Å². The number of rotatable bonds is 5. The molecule has 166 valence electrons. The van der Waals surface area contributed by atoms with Crippen LogP contribution < -0.4 is 4.90 Å². The highest BCUT2D eigenvalue weighted by molar-refractivity contribution is 8.27. The van der Waals surface area contributed by atoms with E-state index in [1.807, 2.05) is 0 Å². The number of amides is 1. The highest BCUT2D eigenvalue weighted by Crippen LogP contribution is 2.38. The molecule has 4 rings (SSSR count). The molecule has 1 aromatic heterocycles. The molecular weight excluding hydrogens is 464 g/mol. The summed E-state index contributed by atoms with van der Waals surface area (Å²) < 4.78 is 10.9. The van der Waals surface area contributed by atoms with Crippen LogP contribution in [0.25, 0.3) is 17.4 Å². The van der Waals surface area contributed by atoms with Crippen molar-refractivity contribution in [2.75, 3.05) is 12.0 Å². The first-order valence-corrected chi connectivity index (χ1v) is 10.8. The predicted octanol–water partition coefficient (Wildman–Crippen LogP) is 5.36. The van der Waals surface area contributed by atoms with E-state index in [1.165, 1.54) is 18.1 Å². The van der Waals surface area contributed by atoms with Crippen LogP contribution in [0.2, 0.25) is 0 Å². The van der Waals surface area contributed by atoms with Gasteiger partial charge in [-0.1, -0.05) is 48.2 Å². The molecule has 0 bridgehead atoms. The van der Waals surface area contributed by atoms with Crippen molar-refractivity contribution in [3.8, 4) is 11.3 Å². The van der Waals surface area contributed by atoms with Gasteiger partial charge in [-0.3, -0.25) is 19.8 Å². The molecule has 1 saturated heterocycles. The fourth-order valence-corrected chi connectivity index (χ4v) is 4.57. The second-order valence-corrected chi connectivity index (χ2v) is 8.66. The lowest BCUT2D eigenvalue weighted by atomic mass is 10.1. The van der Waals surface area contributed by atoms with E-state index >= 15 is 0 Å². The molecular formula is C23H16N2O6S2. The molecule has 1 amide bonds. The van der Waals surface area contributed by atoms with E-state index < -0.39 is 16.8 Å². The number of benzene rings is 2. The van der Waals surface area contributed by atoms with Crippen LogP contribution >= 0.6 is 24.0 Å². The highest BCUT2D eigenvalue weighted by Gasteiger charge is 2.35. The van der Waals surface area contributed by atoms with Crippen molar-refractivity contribution in [1.29, 1.82) is 0 Å². The van der Waals surface area contributed by atoms with Crippen molar-refractivity contribution in [3.05, 3.63) is 86.5 Å². The van der Waals surface area contributed by atoms with Crippen molar-refractivity contribution in [1.82, 2.24) is 0 Å². The summed E-state index contributed by atoms with van der Waals surface area (Å²) >= 11 is 6.47. The van der Waals surface area contributed by atoms with Gasteiger partial charge in [-0.05, 0) is 31.2 Å². The Morgan fingerprint density at radius 3 is 2.70 bits per heavy atom. The van der Waals surface area contributed by atoms with Crippen molar-refractivity contribution in [2.45, 2.75) is 6.92 Å². The minimum absolute atomic E-state index is 0.00408. The van der Waals surface area contributed by atoms with E-state index in [-0.39, 0.29) is 15.6 Å². The number of hydrogen-bond acceptors (Lipinski definition) is 8. The van der Waals surface area contributed by atoms with Crippen LogP contribution in [0.1, 0.15) is 21.7 Å². The molecule has 0 N–H and O–H groups in total. The Morgan fingerprint density at radius 2 is 1.97 bits per heavy atom. The summed E-state index contributed by atoms with van der Waals surface area (Å²) in [5.41, 5.74) is 1.65. The standard InChI is InChI=1S/C23H16N2O6S2/c1-13-7-8-14(11-18(13)25(28)29)19-10-9-15(31-19)12-20-21(26)24(23(32)33-20)17-6-4-3-5-16(17)22(27)30-2/h3-12H,1-2H3. The monoisotopic (exact) mass is 480 g/mol. The predicted molar refractivity (Wildman–Crippen MR) is 129 cm³/mol. The van der Waals surface area contributed by atoms with Crippen LogP contribution in [-0.2, 0) is 9.53 Å². The first-order chi connectivity index (χ1) is 15.8. The topological polar surface area (TPSA) is 103 Å². The molecule has 0 unspecified atom stereocenters. The zero-order chi connectivity index (χ0) is 23.7. The van der Waals surface area contributed by atoms with E-state index in [4.69, 9.17) is 21.4 Å². The van der Waals surface area contributed by atoms with Gasteiger partial charge in [0.15, 0.2) is 4.32 Å². The third kappa shape index (κ3) is 4.30. The maximum Gasteiger partial charge on any atom is 0.339 e. The molecule has 1 fully saturated rings. The number of aryl methyl sites for hydroxylation is 1. The molecule has 0 radical (unpaired) electrons. The Morgan fingerprint density at radius 1 is 1.21 bits per heavy atom. The molecule has 0 aliphatic carbocycles. The highest BCUT2D eigenvalue weighted by atomic mass is 32.2. The number of ether oxygens (including phenoxy) is 1. The lowest BCUT2D eigenvalue weighted by Crippen LogP contribution is -2.29. The smallest absolute Gasteiger partial charge is 0.339 e. The minimum atomic E-state index is -0.577.